The first-order valence-corrected chi connectivity index (χ1v) is 9.97. The van der Waals surface area contributed by atoms with Crippen molar-refractivity contribution in [3.63, 3.8) is 0 Å². The molecule has 154 valence electrons. The summed E-state index contributed by atoms with van der Waals surface area (Å²) in [5, 5.41) is 6.87. The minimum atomic E-state index is 0. The molecule has 0 radical (unpaired) electrons. The van der Waals surface area contributed by atoms with Crippen LogP contribution in [0.4, 0.5) is 0 Å². The lowest BCUT2D eigenvalue weighted by molar-refractivity contribution is 0.213. The van der Waals surface area contributed by atoms with Crippen molar-refractivity contribution in [3.05, 3.63) is 29.3 Å². The standard InChI is InChI=1S/C21H36N4O.HI/c1-5-14-26-20-15-17(2)6-7-19(20)16-24-21(22-3)23-11-8-18-9-12-25(4)13-10-18;/h6-7,15,18H,5,8-14,16H2,1-4H3,(H2,22,23,24);1H. The molecule has 0 spiro atoms. The van der Waals surface area contributed by atoms with Crippen molar-refractivity contribution in [2.45, 2.75) is 46.1 Å². The Balaban J connectivity index is 0.00000364. The topological polar surface area (TPSA) is 48.9 Å². The first-order valence-electron chi connectivity index (χ1n) is 9.97. The number of benzene rings is 1. The van der Waals surface area contributed by atoms with E-state index in [1.165, 1.54) is 43.5 Å². The summed E-state index contributed by atoms with van der Waals surface area (Å²) in [6.45, 7) is 9.12. The molecule has 0 saturated carbocycles. The van der Waals surface area contributed by atoms with E-state index >= 15 is 0 Å². The number of nitrogens with zero attached hydrogens (tertiary/aromatic N) is 2. The average molecular weight is 488 g/mol. The van der Waals surface area contributed by atoms with Gasteiger partial charge in [-0.15, -0.1) is 24.0 Å². The van der Waals surface area contributed by atoms with Crippen molar-refractivity contribution >= 4 is 29.9 Å². The van der Waals surface area contributed by atoms with Crippen LogP contribution in [0.3, 0.4) is 0 Å². The highest BCUT2D eigenvalue weighted by Gasteiger charge is 2.16. The predicted molar refractivity (Wildman–Crippen MR) is 125 cm³/mol. The molecular weight excluding hydrogens is 451 g/mol. The Bertz CT molecular complexity index is 571. The lowest BCUT2D eigenvalue weighted by atomic mass is 9.94. The molecule has 0 bridgehead atoms. The number of guanidine groups is 1. The Morgan fingerprint density at radius 3 is 2.67 bits per heavy atom. The highest BCUT2D eigenvalue weighted by Crippen LogP contribution is 2.21. The molecule has 0 aromatic heterocycles. The van der Waals surface area contributed by atoms with Gasteiger partial charge in [-0.1, -0.05) is 19.1 Å². The fourth-order valence-electron chi connectivity index (χ4n) is 3.30. The number of aryl methyl sites for hydroxylation is 1. The summed E-state index contributed by atoms with van der Waals surface area (Å²) in [7, 11) is 4.04. The summed E-state index contributed by atoms with van der Waals surface area (Å²) in [6.07, 6.45) is 4.85. The highest BCUT2D eigenvalue weighted by atomic mass is 127. The molecule has 27 heavy (non-hydrogen) atoms. The van der Waals surface area contributed by atoms with Gasteiger partial charge in [0.05, 0.1) is 6.61 Å². The smallest absolute Gasteiger partial charge is 0.191 e. The second-order valence-corrected chi connectivity index (χ2v) is 7.35. The van der Waals surface area contributed by atoms with Crippen molar-refractivity contribution < 1.29 is 4.74 Å². The number of rotatable bonds is 8. The number of aliphatic imine (C=N–C) groups is 1. The third-order valence-electron chi connectivity index (χ3n) is 5.04. The van der Waals surface area contributed by atoms with E-state index in [-0.39, 0.29) is 24.0 Å². The van der Waals surface area contributed by atoms with Gasteiger partial charge in [-0.2, -0.15) is 0 Å². The van der Waals surface area contributed by atoms with Crippen LogP contribution in [0.25, 0.3) is 0 Å². The Morgan fingerprint density at radius 1 is 1.26 bits per heavy atom. The molecule has 5 nitrogen and oxygen atoms in total. The summed E-state index contributed by atoms with van der Waals surface area (Å²) in [6, 6.07) is 6.38. The van der Waals surface area contributed by atoms with E-state index in [2.05, 4.69) is 59.6 Å². The first-order chi connectivity index (χ1) is 12.6. The number of piperidine rings is 1. The second kappa shape index (κ2) is 13.2. The van der Waals surface area contributed by atoms with Crippen LogP contribution in [0, 0.1) is 12.8 Å². The molecule has 0 unspecified atom stereocenters. The predicted octanol–water partition coefficient (Wildman–Crippen LogP) is 3.80. The van der Waals surface area contributed by atoms with Gasteiger partial charge in [-0.05, 0) is 70.3 Å². The number of nitrogens with one attached hydrogen (secondary N) is 2. The summed E-state index contributed by atoms with van der Waals surface area (Å²) < 4.78 is 5.90. The molecule has 0 amide bonds. The summed E-state index contributed by atoms with van der Waals surface area (Å²) in [5.41, 5.74) is 2.39. The molecule has 2 N–H and O–H groups in total. The molecule has 1 aliphatic heterocycles. The molecule has 1 heterocycles. The van der Waals surface area contributed by atoms with Gasteiger partial charge in [-0.25, -0.2) is 0 Å². The fourth-order valence-corrected chi connectivity index (χ4v) is 3.30. The summed E-state index contributed by atoms with van der Waals surface area (Å²) in [5.74, 6) is 2.67. The normalized spacial score (nSPS) is 15.9. The maximum absolute atomic E-state index is 5.90. The minimum Gasteiger partial charge on any atom is -0.493 e. The van der Waals surface area contributed by atoms with Gasteiger partial charge in [0, 0.05) is 25.7 Å². The molecule has 0 aliphatic carbocycles. The van der Waals surface area contributed by atoms with Gasteiger partial charge in [0.25, 0.3) is 0 Å². The lowest BCUT2D eigenvalue weighted by Gasteiger charge is -2.29. The van der Waals surface area contributed by atoms with Crippen LogP contribution in [0.1, 0.15) is 43.7 Å². The molecule has 1 saturated heterocycles. The first kappa shape index (κ1) is 24.0. The molecule has 0 atom stereocenters. The molecular formula is C21H37IN4O. The maximum atomic E-state index is 5.90. The summed E-state index contributed by atoms with van der Waals surface area (Å²) in [4.78, 5) is 6.77. The Kier molecular flexibility index (Phi) is 11.7. The molecule has 2 rings (SSSR count). The average Bonchev–Trinajstić information content (AvgIpc) is 2.65. The summed E-state index contributed by atoms with van der Waals surface area (Å²) >= 11 is 0. The SMILES string of the molecule is CCCOc1cc(C)ccc1CNC(=NC)NCCC1CCN(C)CC1.I. The van der Waals surface area contributed by atoms with E-state index in [1.54, 1.807) is 0 Å². The van der Waals surface area contributed by atoms with E-state index in [9.17, 15) is 0 Å². The van der Waals surface area contributed by atoms with Crippen LogP contribution >= 0.6 is 24.0 Å². The van der Waals surface area contributed by atoms with Crippen molar-refractivity contribution in [3.8, 4) is 5.75 Å². The van der Waals surface area contributed by atoms with Gasteiger partial charge >= 0.3 is 0 Å². The van der Waals surface area contributed by atoms with Gasteiger partial charge in [0.1, 0.15) is 5.75 Å². The highest BCUT2D eigenvalue weighted by molar-refractivity contribution is 14.0. The van der Waals surface area contributed by atoms with E-state index < -0.39 is 0 Å². The van der Waals surface area contributed by atoms with Gasteiger partial charge in [0.2, 0.25) is 0 Å². The van der Waals surface area contributed by atoms with Crippen LogP contribution in [-0.2, 0) is 6.54 Å². The van der Waals surface area contributed by atoms with E-state index in [4.69, 9.17) is 4.74 Å². The Hall–Kier alpha value is -1.02. The monoisotopic (exact) mass is 488 g/mol. The Morgan fingerprint density at radius 2 is 2.00 bits per heavy atom. The van der Waals surface area contributed by atoms with Crippen molar-refractivity contribution in [1.82, 2.24) is 15.5 Å². The number of hydrogen-bond donors (Lipinski definition) is 2. The van der Waals surface area contributed by atoms with Gasteiger partial charge in [-0.3, -0.25) is 4.99 Å². The van der Waals surface area contributed by atoms with E-state index in [0.29, 0.717) is 6.54 Å². The van der Waals surface area contributed by atoms with E-state index in [0.717, 1.165) is 37.2 Å². The zero-order valence-electron chi connectivity index (χ0n) is 17.4. The molecule has 6 heteroatoms. The van der Waals surface area contributed by atoms with Crippen LogP contribution in [0.2, 0.25) is 0 Å². The minimum absolute atomic E-state index is 0. The number of likely N-dealkylation sites (tertiary alicyclic amines) is 1. The molecule has 1 aromatic rings. The Labute approximate surface area is 182 Å². The zero-order chi connectivity index (χ0) is 18.8. The number of ether oxygens (including phenoxy) is 1. The largest absolute Gasteiger partial charge is 0.493 e. The fraction of sp³-hybridized carbons (Fsp3) is 0.667. The van der Waals surface area contributed by atoms with Crippen molar-refractivity contribution in [2.75, 3.05) is 40.3 Å². The van der Waals surface area contributed by atoms with E-state index in [1.807, 2.05) is 7.05 Å². The number of halogens is 1. The van der Waals surface area contributed by atoms with Gasteiger partial charge in [0.15, 0.2) is 5.96 Å². The van der Waals surface area contributed by atoms with Crippen LogP contribution < -0.4 is 15.4 Å². The van der Waals surface area contributed by atoms with Gasteiger partial charge < -0.3 is 20.3 Å². The van der Waals surface area contributed by atoms with Crippen molar-refractivity contribution in [2.24, 2.45) is 10.9 Å². The van der Waals surface area contributed by atoms with Crippen molar-refractivity contribution in [1.29, 1.82) is 0 Å². The maximum Gasteiger partial charge on any atom is 0.191 e. The molecule has 1 aromatic carbocycles. The van der Waals surface area contributed by atoms with Crippen LogP contribution in [0.15, 0.2) is 23.2 Å². The molecule has 1 fully saturated rings. The van der Waals surface area contributed by atoms with Crippen LogP contribution in [0.5, 0.6) is 5.75 Å². The second-order valence-electron chi connectivity index (χ2n) is 7.35. The molecule has 1 aliphatic rings. The third-order valence-corrected chi connectivity index (χ3v) is 5.04. The lowest BCUT2D eigenvalue weighted by Crippen LogP contribution is -2.38. The number of hydrogen-bond acceptors (Lipinski definition) is 3. The van der Waals surface area contributed by atoms with Crippen LogP contribution in [-0.4, -0.2) is 51.2 Å². The zero-order valence-corrected chi connectivity index (χ0v) is 19.7. The quantitative estimate of drug-likeness (QED) is 0.332. The third kappa shape index (κ3) is 8.68.